The second-order valence-corrected chi connectivity index (χ2v) is 7.77. The van der Waals surface area contributed by atoms with Crippen LogP contribution in [-0.4, -0.2) is 4.57 Å². The minimum atomic E-state index is -4.37. The summed E-state index contributed by atoms with van der Waals surface area (Å²) in [5.41, 5.74) is 2.90. The fourth-order valence-corrected chi connectivity index (χ4v) is 3.72. The molecule has 28 heavy (non-hydrogen) atoms. The maximum absolute atomic E-state index is 13.0. The highest BCUT2D eigenvalue weighted by Gasteiger charge is 2.30. The lowest BCUT2D eigenvalue weighted by Crippen LogP contribution is -2.19. The number of hydrogen-bond donors (Lipinski definition) is 0. The molecular weight excluding hydrogens is 449 g/mol. The van der Waals surface area contributed by atoms with Gasteiger partial charge in [0.2, 0.25) is 0 Å². The first-order valence-electron chi connectivity index (χ1n) is 8.71. The number of halogens is 4. The number of aryl methyl sites for hydroxylation is 1. The van der Waals surface area contributed by atoms with Gasteiger partial charge in [-0.1, -0.05) is 49.7 Å². The van der Waals surface area contributed by atoms with Gasteiger partial charge in [0.05, 0.1) is 16.9 Å². The van der Waals surface area contributed by atoms with E-state index in [4.69, 9.17) is 0 Å². The minimum absolute atomic E-state index is 0. The highest BCUT2D eigenvalue weighted by Crippen LogP contribution is 2.31. The molecule has 0 aliphatic heterocycles. The van der Waals surface area contributed by atoms with Crippen LogP contribution in [-0.2, 0) is 12.7 Å². The Kier molecular flexibility index (Phi) is 7.28. The van der Waals surface area contributed by atoms with Crippen molar-refractivity contribution in [2.45, 2.75) is 33.5 Å². The van der Waals surface area contributed by atoms with Gasteiger partial charge in [0, 0.05) is 11.9 Å². The molecule has 1 heterocycles. The monoisotopic (exact) mass is 470 g/mol. The first-order valence-corrected chi connectivity index (χ1v) is 9.59. The zero-order valence-electron chi connectivity index (χ0n) is 15.8. The molecule has 0 N–H and O–H groups in total. The quantitative estimate of drug-likeness (QED) is 0.390. The normalized spacial score (nSPS) is 12.3. The van der Waals surface area contributed by atoms with Crippen LogP contribution in [0.1, 0.15) is 25.0 Å². The molecule has 2 aromatic carbocycles. The van der Waals surface area contributed by atoms with E-state index in [0.717, 1.165) is 29.9 Å². The molecule has 0 unspecified atom stereocenters. The molecule has 1 aromatic heterocycles. The summed E-state index contributed by atoms with van der Waals surface area (Å²) in [6.07, 6.45) is -4.37. The Morgan fingerprint density at radius 1 is 1.07 bits per heavy atom. The van der Waals surface area contributed by atoms with Crippen LogP contribution in [0.4, 0.5) is 18.9 Å². The van der Waals surface area contributed by atoms with Crippen molar-refractivity contribution < 1.29 is 13.2 Å². The Morgan fingerprint density at radius 3 is 2.36 bits per heavy atom. The number of hydrogen-bond acceptors (Lipinski definition) is 2. The summed E-state index contributed by atoms with van der Waals surface area (Å²) in [4.78, 5) is 5.21. The van der Waals surface area contributed by atoms with E-state index in [2.05, 4.69) is 47.7 Å². The summed E-state index contributed by atoms with van der Waals surface area (Å²) in [7, 11) is 0. The van der Waals surface area contributed by atoms with Gasteiger partial charge in [0.25, 0.3) is 0 Å². The number of thiazole rings is 1. The van der Waals surface area contributed by atoms with E-state index in [9.17, 15) is 13.2 Å². The number of alkyl halides is 3. The van der Waals surface area contributed by atoms with Crippen molar-refractivity contribution in [3.8, 4) is 11.3 Å². The molecule has 0 spiro atoms. The van der Waals surface area contributed by atoms with Crippen LogP contribution in [0, 0.1) is 12.8 Å². The van der Waals surface area contributed by atoms with Crippen LogP contribution in [0.5, 0.6) is 0 Å². The van der Waals surface area contributed by atoms with Gasteiger partial charge < -0.3 is 4.57 Å². The average Bonchev–Trinajstić information content (AvgIpc) is 2.97. The van der Waals surface area contributed by atoms with Gasteiger partial charge in [-0.25, -0.2) is 4.99 Å². The largest absolute Gasteiger partial charge is 0.416 e. The maximum Gasteiger partial charge on any atom is 0.416 e. The topological polar surface area (TPSA) is 17.3 Å². The van der Waals surface area contributed by atoms with E-state index in [0.29, 0.717) is 16.4 Å². The van der Waals surface area contributed by atoms with Gasteiger partial charge >= 0.3 is 6.18 Å². The van der Waals surface area contributed by atoms with Crippen molar-refractivity contribution in [2.24, 2.45) is 10.9 Å². The van der Waals surface area contributed by atoms with E-state index in [1.807, 2.05) is 12.3 Å². The molecule has 0 bridgehead atoms. The summed E-state index contributed by atoms with van der Waals surface area (Å²) in [5, 5.41) is 2.01. The van der Waals surface area contributed by atoms with Crippen molar-refractivity contribution in [3.63, 3.8) is 0 Å². The summed E-state index contributed by atoms with van der Waals surface area (Å²) in [5.74, 6) is 0.379. The van der Waals surface area contributed by atoms with Crippen LogP contribution in [0.3, 0.4) is 0 Å². The molecule has 0 radical (unpaired) electrons. The molecule has 3 rings (SSSR count). The summed E-state index contributed by atoms with van der Waals surface area (Å²) >= 11 is 1.44. The lowest BCUT2D eigenvalue weighted by atomic mass is 10.1. The molecule has 0 saturated heterocycles. The van der Waals surface area contributed by atoms with Crippen molar-refractivity contribution in [2.75, 3.05) is 0 Å². The Hall–Kier alpha value is -1.86. The third kappa shape index (κ3) is 5.35. The first-order chi connectivity index (χ1) is 12.7. The first kappa shape index (κ1) is 22.4. The molecule has 7 heteroatoms. The van der Waals surface area contributed by atoms with Crippen LogP contribution in [0.15, 0.2) is 58.9 Å². The second kappa shape index (κ2) is 9.09. The van der Waals surface area contributed by atoms with Crippen LogP contribution in [0.2, 0.25) is 0 Å². The van der Waals surface area contributed by atoms with Crippen molar-refractivity contribution in [3.05, 3.63) is 69.8 Å². The summed E-state index contributed by atoms with van der Waals surface area (Å²) in [6, 6.07) is 13.4. The molecule has 0 aliphatic rings. The van der Waals surface area contributed by atoms with Gasteiger partial charge in [0.15, 0.2) is 4.80 Å². The molecule has 2 nitrogen and oxygen atoms in total. The second-order valence-electron chi connectivity index (χ2n) is 6.93. The molecule has 0 saturated carbocycles. The Morgan fingerprint density at radius 2 is 1.75 bits per heavy atom. The average molecular weight is 471 g/mol. The third-order valence-electron chi connectivity index (χ3n) is 4.09. The van der Waals surface area contributed by atoms with Crippen LogP contribution >= 0.6 is 28.3 Å². The van der Waals surface area contributed by atoms with Gasteiger partial charge in [-0.3, -0.25) is 0 Å². The van der Waals surface area contributed by atoms with Gasteiger partial charge in [-0.15, -0.1) is 28.3 Å². The number of rotatable bonds is 4. The molecular formula is C21H22BrF3N2S. The lowest BCUT2D eigenvalue weighted by molar-refractivity contribution is -0.137. The van der Waals surface area contributed by atoms with Gasteiger partial charge in [0.1, 0.15) is 0 Å². The highest BCUT2D eigenvalue weighted by molar-refractivity contribution is 8.93. The Bertz CT molecular complexity index is 986. The summed E-state index contributed by atoms with van der Waals surface area (Å²) < 4.78 is 41.0. The van der Waals surface area contributed by atoms with Gasteiger partial charge in [-0.05, 0) is 36.6 Å². The highest BCUT2D eigenvalue weighted by atomic mass is 79.9. The predicted molar refractivity (Wildman–Crippen MR) is 114 cm³/mol. The Labute approximate surface area is 177 Å². The summed E-state index contributed by atoms with van der Waals surface area (Å²) in [6.45, 7) is 6.99. The van der Waals surface area contributed by atoms with Crippen LogP contribution < -0.4 is 4.80 Å². The van der Waals surface area contributed by atoms with Crippen molar-refractivity contribution in [1.82, 2.24) is 4.57 Å². The lowest BCUT2D eigenvalue weighted by Gasteiger charge is -2.12. The smallest absolute Gasteiger partial charge is 0.316 e. The molecule has 150 valence electrons. The van der Waals surface area contributed by atoms with E-state index >= 15 is 0 Å². The molecule has 0 fully saturated rings. The molecule has 0 atom stereocenters. The number of aromatic nitrogens is 1. The van der Waals surface area contributed by atoms with Gasteiger partial charge in [-0.2, -0.15) is 13.2 Å². The van der Waals surface area contributed by atoms with Crippen molar-refractivity contribution >= 4 is 34.0 Å². The standard InChI is InChI=1S/C21H21F3N2S.BrH/c1-14(2)12-26-19(16-9-7-15(3)8-10-16)13-27-20(26)25-18-6-4-5-17(11-18)21(22,23)24;/h4-11,13-14H,12H2,1-3H3;1H. The number of nitrogens with zero attached hydrogens (tertiary/aromatic N) is 2. The van der Waals surface area contributed by atoms with Crippen molar-refractivity contribution in [1.29, 1.82) is 0 Å². The maximum atomic E-state index is 13.0. The molecule has 3 aromatic rings. The van der Waals surface area contributed by atoms with E-state index in [-0.39, 0.29) is 17.0 Å². The zero-order chi connectivity index (χ0) is 19.6. The van der Waals surface area contributed by atoms with Crippen LogP contribution in [0.25, 0.3) is 11.3 Å². The fourth-order valence-electron chi connectivity index (χ4n) is 2.78. The van der Waals surface area contributed by atoms with E-state index in [1.165, 1.54) is 23.0 Å². The predicted octanol–water partition coefficient (Wildman–Crippen LogP) is 7.01. The fraction of sp³-hybridized carbons (Fsp3) is 0.286. The SMILES string of the molecule is Br.Cc1ccc(-c2csc(=Nc3cccc(C(F)(F)F)c3)n2CC(C)C)cc1. The van der Waals surface area contributed by atoms with E-state index < -0.39 is 11.7 Å². The Balaban J connectivity index is 0.00000280. The third-order valence-corrected chi connectivity index (χ3v) is 4.95. The van der Waals surface area contributed by atoms with E-state index in [1.54, 1.807) is 6.07 Å². The molecule has 0 aliphatic carbocycles. The molecule has 0 amide bonds. The zero-order valence-corrected chi connectivity index (χ0v) is 18.4. The number of benzene rings is 2. The minimum Gasteiger partial charge on any atom is -0.316 e.